The zero-order chi connectivity index (χ0) is 20.5. The van der Waals surface area contributed by atoms with Crippen molar-refractivity contribution in [3.8, 4) is 0 Å². The van der Waals surface area contributed by atoms with Crippen molar-refractivity contribution in [1.29, 1.82) is 0 Å². The predicted octanol–water partition coefficient (Wildman–Crippen LogP) is 2.49. The molecule has 2 aromatic rings. The van der Waals surface area contributed by atoms with Crippen LogP contribution in [0.2, 0.25) is 0 Å². The molecule has 2 aliphatic rings. The van der Waals surface area contributed by atoms with Gasteiger partial charge in [0.1, 0.15) is 6.54 Å². The molecule has 148 valence electrons. The van der Waals surface area contributed by atoms with Crippen LogP contribution in [0.4, 0.5) is 11.4 Å². The van der Waals surface area contributed by atoms with Gasteiger partial charge in [0.25, 0.3) is 11.8 Å². The van der Waals surface area contributed by atoms with Gasteiger partial charge in [0, 0.05) is 5.69 Å². The average Bonchev–Trinajstić information content (AvgIpc) is 3.23. The van der Waals surface area contributed by atoms with Gasteiger partial charge in [0.05, 0.1) is 5.69 Å². The van der Waals surface area contributed by atoms with Crippen molar-refractivity contribution in [1.82, 2.24) is 5.01 Å². The van der Waals surface area contributed by atoms with Crippen molar-refractivity contribution in [3.05, 3.63) is 59.7 Å². The molecule has 8 heteroatoms. The van der Waals surface area contributed by atoms with E-state index in [4.69, 9.17) is 0 Å². The Bertz CT molecular complexity index is 984. The number of anilines is 2. The van der Waals surface area contributed by atoms with Gasteiger partial charge in [-0.2, -0.15) is 5.11 Å². The topological polar surface area (TPSA) is 94.4 Å². The van der Waals surface area contributed by atoms with Gasteiger partial charge in [0.15, 0.2) is 12.1 Å². The minimum absolute atomic E-state index is 0.166. The maximum absolute atomic E-state index is 12.9. The number of aryl methyl sites for hydroxylation is 2. The summed E-state index contributed by atoms with van der Waals surface area (Å²) in [6.45, 7) is 3.82. The highest BCUT2D eigenvalue weighted by Gasteiger charge is 2.55. The monoisotopic (exact) mass is 391 g/mol. The molecule has 1 fully saturated rings. The van der Waals surface area contributed by atoms with Gasteiger partial charge in [-0.3, -0.25) is 19.4 Å². The third-order valence-corrected chi connectivity index (χ3v) is 5.10. The van der Waals surface area contributed by atoms with Crippen molar-refractivity contribution in [2.75, 3.05) is 16.8 Å². The summed E-state index contributed by atoms with van der Waals surface area (Å²) < 4.78 is 0. The number of fused-ring (bicyclic) bond motifs is 1. The summed E-state index contributed by atoms with van der Waals surface area (Å²) in [4.78, 5) is 39.2. The summed E-state index contributed by atoms with van der Waals surface area (Å²) in [6.07, 6.45) is 0.916. The SMILES string of the molecule is CCc1ccc(NC(=O)CN2N=NC3C(=O)N(c4ccc(C)cc4)C(=O)C32)cc1. The highest BCUT2D eigenvalue weighted by atomic mass is 16.2. The summed E-state index contributed by atoms with van der Waals surface area (Å²) in [6, 6.07) is 12.8. The van der Waals surface area contributed by atoms with E-state index in [2.05, 4.69) is 22.6 Å². The number of carbonyl (C=O) groups excluding carboxylic acids is 3. The fourth-order valence-corrected chi connectivity index (χ4v) is 3.47. The van der Waals surface area contributed by atoms with Gasteiger partial charge in [-0.1, -0.05) is 42.0 Å². The van der Waals surface area contributed by atoms with E-state index in [1.807, 2.05) is 43.3 Å². The second-order valence-corrected chi connectivity index (χ2v) is 7.14. The van der Waals surface area contributed by atoms with Gasteiger partial charge in [-0.05, 0) is 43.2 Å². The number of nitrogens with one attached hydrogen (secondary N) is 1. The third kappa shape index (κ3) is 3.49. The van der Waals surface area contributed by atoms with Gasteiger partial charge < -0.3 is 5.32 Å². The smallest absolute Gasteiger partial charge is 0.263 e. The highest BCUT2D eigenvalue weighted by Crippen LogP contribution is 2.31. The van der Waals surface area contributed by atoms with Crippen LogP contribution in [0.1, 0.15) is 18.1 Å². The summed E-state index contributed by atoms with van der Waals surface area (Å²) in [7, 11) is 0. The second kappa shape index (κ2) is 7.46. The fraction of sp³-hybridized carbons (Fsp3) is 0.286. The van der Waals surface area contributed by atoms with Crippen LogP contribution in [0.15, 0.2) is 58.9 Å². The molecule has 1 saturated heterocycles. The Morgan fingerprint density at radius 1 is 1.03 bits per heavy atom. The van der Waals surface area contributed by atoms with Crippen molar-refractivity contribution in [2.24, 2.45) is 10.3 Å². The molecule has 0 aromatic heterocycles. The molecule has 0 saturated carbocycles. The van der Waals surface area contributed by atoms with Gasteiger partial charge in [0.2, 0.25) is 5.91 Å². The Kier molecular flexibility index (Phi) is 4.84. The van der Waals surface area contributed by atoms with Crippen LogP contribution < -0.4 is 10.2 Å². The van der Waals surface area contributed by atoms with E-state index >= 15 is 0 Å². The molecular weight excluding hydrogens is 370 g/mol. The molecule has 4 rings (SSSR count). The standard InChI is InChI=1S/C21H21N5O3/c1-3-14-6-8-15(9-7-14)22-17(27)12-25-19-18(23-24-25)20(28)26(21(19)29)16-10-4-13(2)5-11-16/h4-11,18-19H,3,12H2,1-2H3,(H,22,27). The van der Waals surface area contributed by atoms with E-state index in [1.54, 1.807) is 12.1 Å². The van der Waals surface area contributed by atoms with Gasteiger partial charge >= 0.3 is 0 Å². The van der Waals surface area contributed by atoms with Crippen LogP contribution >= 0.6 is 0 Å². The number of benzene rings is 2. The molecule has 2 unspecified atom stereocenters. The van der Waals surface area contributed by atoms with E-state index in [9.17, 15) is 14.4 Å². The minimum Gasteiger partial charge on any atom is -0.324 e. The van der Waals surface area contributed by atoms with Crippen molar-refractivity contribution in [3.63, 3.8) is 0 Å². The van der Waals surface area contributed by atoms with Crippen LogP contribution in [-0.2, 0) is 20.8 Å². The van der Waals surface area contributed by atoms with Gasteiger partial charge in [-0.15, -0.1) is 0 Å². The van der Waals surface area contributed by atoms with Crippen molar-refractivity contribution in [2.45, 2.75) is 32.4 Å². The summed E-state index contributed by atoms with van der Waals surface area (Å²) in [5, 5.41) is 11.9. The fourth-order valence-electron chi connectivity index (χ4n) is 3.47. The number of carbonyl (C=O) groups is 3. The Morgan fingerprint density at radius 3 is 2.38 bits per heavy atom. The molecule has 2 aliphatic heterocycles. The van der Waals surface area contributed by atoms with E-state index in [1.165, 1.54) is 10.6 Å². The molecule has 1 N–H and O–H groups in total. The molecule has 2 heterocycles. The van der Waals surface area contributed by atoms with E-state index in [0.717, 1.165) is 16.9 Å². The van der Waals surface area contributed by atoms with Gasteiger partial charge in [-0.25, -0.2) is 4.90 Å². The lowest BCUT2D eigenvalue weighted by atomic mass is 10.1. The molecule has 29 heavy (non-hydrogen) atoms. The zero-order valence-electron chi connectivity index (χ0n) is 16.2. The molecule has 0 bridgehead atoms. The first-order chi connectivity index (χ1) is 14.0. The van der Waals surface area contributed by atoms with E-state index in [-0.39, 0.29) is 12.5 Å². The minimum atomic E-state index is -0.916. The Balaban J connectivity index is 1.45. The lowest BCUT2D eigenvalue weighted by molar-refractivity contribution is -0.123. The number of hydrogen-bond acceptors (Lipinski definition) is 6. The number of nitrogens with zero attached hydrogens (tertiary/aromatic N) is 4. The van der Waals surface area contributed by atoms with Crippen molar-refractivity contribution >= 4 is 29.1 Å². The highest BCUT2D eigenvalue weighted by molar-refractivity contribution is 6.25. The predicted molar refractivity (Wildman–Crippen MR) is 107 cm³/mol. The molecule has 8 nitrogen and oxygen atoms in total. The maximum atomic E-state index is 12.9. The Labute approximate surface area is 168 Å². The first-order valence-electron chi connectivity index (χ1n) is 9.48. The molecule has 2 aromatic carbocycles. The molecule has 0 aliphatic carbocycles. The quantitative estimate of drug-likeness (QED) is 0.793. The van der Waals surface area contributed by atoms with E-state index < -0.39 is 23.9 Å². The maximum Gasteiger partial charge on any atom is 0.263 e. The number of imide groups is 1. The second-order valence-electron chi connectivity index (χ2n) is 7.14. The molecule has 0 spiro atoms. The molecular formula is C21H21N5O3. The average molecular weight is 391 g/mol. The largest absolute Gasteiger partial charge is 0.324 e. The van der Waals surface area contributed by atoms with Crippen LogP contribution in [0.25, 0.3) is 0 Å². The van der Waals surface area contributed by atoms with Crippen molar-refractivity contribution < 1.29 is 14.4 Å². The molecule has 3 amide bonds. The summed E-state index contributed by atoms with van der Waals surface area (Å²) in [5.74, 6) is -1.18. The lowest BCUT2D eigenvalue weighted by Gasteiger charge is -2.20. The number of rotatable bonds is 5. The van der Waals surface area contributed by atoms with E-state index in [0.29, 0.717) is 11.4 Å². The Morgan fingerprint density at radius 2 is 1.72 bits per heavy atom. The zero-order valence-corrected chi connectivity index (χ0v) is 16.2. The van der Waals surface area contributed by atoms with Crippen LogP contribution in [0.3, 0.4) is 0 Å². The Hall–Kier alpha value is -3.55. The normalized spacial score (nSPS) is 20.3. The third-order valence-electron chi connectivity index (χ3n) is 5.10. The first kappa shape index (κ1) is 18.8. The lowest BCUT2D eigenvalue weighted by Crippen LogP contribution is -2.43. The molecule has 0 radical (unpaired) electrons. The first-order valence-corrected chi connectivity index (χ1v) is 9.48. The van der Waals surface area contributed by atoms with Crippen LogP contribution in [0.5, 0.6) is 0 Å². The number of amides is 3. The number of hydrogen-bond donors (Lipinski definition) is 1. The van der Waals surface area contributed by atoms with Crippen LogP contribution in [0, 0.1) is 6.92 Å². The van der Waals surface area contributed by atoms with Crippen LogP contribution in [-0.4, -0.2) is 41.4 Å². The summed E-state index contributed by atoms with van der Waals surface area (Å²) in [5.41, 5.74) is 3.36. The summed E-state index contributed by atoms with van der Waals surface area (Å²) >= 11 is 0. The molecule has 2 atom stereocenters.